The van der Waals surface area contributed by atoms with Gasteiger partial charge in [-0.15, -0.1) is 0 Å². The molecule has 0 spiro atoms. The minimum absolute atomic E-state index is 0.464. The fraction of sp³-hybridized carbons (Fsp3) is 0.900. The first-order valence-electron chi connectivity index (χ1n) is 4.51. The van der Waals surface area contributed by atoms with E-state index in [0.29, 0.717) is 11.3 Å². The van der Waals surface area contributed by atoms with Gasteiger partial charge in [0.15, 0.2) is 0 Å². The van der Waals surface area contributed by atoms with Crippen molar-refractivity contribution >= 4 is 0 Å². The summed E-state index contributed by atoms with van der Waals surface area (Å²) < 4.78 is 0. The second-order valence-electron chi connectivity index (χ2n) is 4.19. The molecule has 0 amide bonds. The first-order chi connectivity index (χ1) is 5.14. The molecule has 0 radical (unpaired) electrons. The molecule has 0 unspecified atom stereocenters. The van der Waals surface area contributed by atoms with Crippen LogP contribution in [0.15, 0.2) is 0 Å². The molecule has 1 nitrogen and oxygen atoms in total. The van der Waals surface area contributed by atoms with E-state index in [2.05, 4.69) is 26.8 Å². The molecule has 0 heterocycles. The molecule has 0 aromatic rings. The van der Waals surface area contributed by atoms with Crippen LogP contribution in [-0.2, 0) is 0 Å². The number of hydrogen-bond donors (Lipinski definition) is 0. The van der Waals surface area contributed by atoms with E-state index in [9.17, 15) is 0 Å². The van der Waals surface area contributed by atoms with Gasteiger partial charge in [0, 0.05) is 6.42 Å². The SMILES string of the molecule is CCC[C@H]1[C@@H](CC#N)C1(C)C. The van der Waals surface area contributed by atoms with Gasteiger partial charge in [0.1, 0.15) is 0 Å². The van der Waals surface area contributed by atoms with E-state index in [1.54, 1.807) is 0 Å². The van der Waals surface area contributed by atoms with E-state index < -0.39 is 0 Å². The van der Waals surface area contributed by atoms with E-state index in [1.165, 1.54) is 12.8 Å². The number of hydrogen-bond acceptors (Lipinski definition) is 1. The molecule has 0 bridgehead atoms. The summed E-state index contributed by atoms with van der Waals surface area (Å²) in [4.78, 5) is 0. The van der Waals surface area contributed by atoms with Crippen molar-refractivity contribution in [2.75, 3.05) is 0 Å². The second kappa shape index (κ2) is 2.85. The molecule has 1 saturated carbocycles. The smallest absolute Gasteiger partial charge is 0.0624 e. The minimum atomic E-state index is 0.464. The van der Waals surface area contributed by atoms with E-state index in [4.69, 9.17) is 5.26 Å². The fourth-order valence-corrected chi connectivity index (χ4v) is 2.25. The van der Waals surface area contributed by atoms with Gasteiger partial charge in [-0.05, 0) is 23.7 Å². The Kier molecular flexibility index (Phi) is 2.23. The number of nitrogens with zero attached hydrogens (tertiary/aromatic N) is 1. The molecule has 0 aromatic heterocycles. The molecule has 1 rings (SSSR count). The Morgan fingerprint density at radius 2 is 2.00 bits per heavy atom. The fourth-order valence-electron chi connectivity index (χ4n) is 2.25. The van der Waals surface area contributed by atoms with Crippen molar-refractivity contribution in [2.24, 2.45) is 17.3 Å². The predicted molar refractivity (Wildman–Crippen MR) is 45.9 cm³/mol. The Bertz CT molecular complexity index is 176. The van der Waals surface area contributed by atoms with Gasteiger partial charge < -0.3 is 0 Å². The maximum absolute atomic E-state index is 8.54. The van der Waals surface area contributed by atoms with Crippen molar-refractivity contribution in [2.45, 2.75) is 40.0 Å². The molecule has 2 atom stereocenters. The maximum Gasteiger partial charge on any atom is 0.0624 e. The van der Waals surface area contributed by atoms with Gasteiger partial charge in [0.25, 0.3) is 0 Å². The normalized spacial score (nSPS) is 32.9. The molecule has 1 aliphatic rings. The number of rotatable bonds is 3. The van der Waals surface area contributed by atoms with Crippen LogP contribution in [0.5, 0.6) is 0 Å². The van der Waals surface area contributed by atoms with Crippen LogP contribution in [-0.4, -0.2) is 0 Å². The van der Waals surface area contributed by atoms with E-state index >= 15 is 0 Å². The molecule has 0 N–H and O–H groups in total. The van der Waals surface area contributed by atoms with Gasteiger partial charge in [-0.25, -0.2) is 0 Å². The first kappa shape index (κ1) is 8.59. The standard InChI is InChI=1S/C10H17N/c1-4-5-8-9(6-7-11)10(8,2)3/h8-9H,4-6H2,1-3H3/t8-,9+/m0/s1. The molecular weight excluding hydrogens is 134 g/mol. The lowest BCUT2D eigenvalue weighted by atomic mass is 10.1. The zero-order chi connectivity index (χ0) is 8.48. The molecule has 1 fully saturated rings. The third-order valence-electron chi connectivity index (χ3n) is 3.20. The third-order valence-corrected chi connectivity index (χ3v) is 3.20. The quantitative estimate of drug-likeness (QED) is 0.608. The van der Waals surface area contributed by atoms with Gasteiger partial charge in [-0.1, -0.05) is 27.2 Å². The van der Waals surface area contributed by atoms with Gasteiger partial charge in [0.2, 0.25) is 0 Å². The molecule has 1 heteroatoms. The molecule has 62 valence electrons. The van der Waals surface area contributed by atoms with Crippen LogP contribution in [0.4, 0.5) is 0 Å². The lowest BCUT2D eigenvalue weighted by Crippen LogP contribution is -1.89. The Hall–Kier alpha value is -0.510. The molecule has 0 aromatic carbocycles. The Balaban J connectivity index is 2.41. The van der Waals surface area contributed by atoms with Crippen LogP contribution in [0, 0.1) is 28.6 Å². The van der Waals surface area contributed by atoms with Crippen molar-refractivity contribution in [3.8, 4) is 6.07 Å². The summed E-state index contributed by atoms with van der Waals surface area (Å²) in [7, 11) is 0. The highest BCUT2D eigenvalue weighted by molar-refractivity contribution is 5.07. The van der Waals surface area contributed by atoms with Crippen LogP contribution in [0.3, 0.4) is 0 Å². The van der Waals surface area contributed by atoms with Crippen molar-refractivity contribution in [1.29, 1.82) is 5.26 Å². The maximum atomic E-state index is 8.54. The predicted octanol–water partition coefficient (Wildman–Crippen LogP) is 2.97. The highest BCUT2D eigenvalue weighted by Gasteiger charge is 2.55. The van der Waals surface area contributed by atoms with Crippen LogP contribution in [0.2, 0.25) is 0 Å². The highest BCUT2D eigenvalue weighted by Crippen LogP contribution is 2.61. The zero-order valence-corrected chi connectivity index (χ0v) is 7.72. The summed E-state index contributed by atoms with van der Waals surface area (Å²) in [6, 6.07) is 2.27. The van der Waals surface area contributed by atoms with Gasteiger partial charge in [-0.2, -0.15) is 5.26 Å². The Labute approximate surface area is 69.4 Å². The summed E-state index contributed by atoms with van der Waals surface area (Å²) in [5.41, 5.74) is 0.464. The van der Waals surface area contributed by atoms with Crippen molar-refractivity contribution in [3.05, 3.63) is 0 Å². The van der Waals surface area contributed by atoms with Crippen LogP contribution >= 0.6 is 0 Å². The monoisotopic (exact) mass is 151 g/mol. The van der Waals surface area contributed by atoms with Crippen LogP contribution in [0.25, 0.3) is 0 Å². The van der Waals surface area contributed by atoms with E-state index in [0.717, 1.165) is 12.3 Å². The third kappa shape index (κ3) is 1.40. The average Bonchev–Trinajstić information content (AvgIpc) is 2.41. The topological polar surface area (TPSA) is 23.8 Å². The Morgan fingerprint density at radius 1 is 1.36 bits per heavy atom. The largest absolute Gasteiger partial charge is 0.198 e. The molecule has 1 aliphatic carbocycles. The lowest BCUT2D eigenvalue weighted by Gasteiger charge is -1.98. The Morgan fingerprint density at radius 3 is 2.45 bits per heavy atom. The molecule has 0 aliphatic heterocycles. The van der Waals surface area contributed by atoms with Crippen LogP contribution < -0.4 is 0 Å². The van der Waals surface area contributed by atoms with Gasteiger partial charge in [0.05, 0.1) is 6.07 Å². The van der Waals surface area contributed by atoms with Crippen molar-refractivity contribution < 1.29 is 0 Å². The summed E-state index contributed by atoms with van der Waals surface area (Å²) in [6.45, 7) is 6.79. The van der Waals surface area contributed by atoms with Crippen LogP contribution in [0.1, 0.15) is 40.0 Å². The second-order valence-corrected chi connectivity index (χ2v) is 4.19. The molecule has 11 heavy (non-hydrogen) atoms. The molecule has 0 saturated heterocycles. The highest BCUT2D eigenvalue weighted by atomic mass is 14.6. The van der Waals surface area contributed by atoms with E-state index in [-0.39, 0.29) is 0 Å². The van der Waals surface area contributed by atoms with Gasteiger partial charge >= 0.3 is 0 Å². The van der Waals surface area contributed by atoms with Crippen molar-refractivity contribution in [1.82, 2.24) is 0 Å². The summed E-state index contributed by atoms with van der Waals surface area (Å²) in [5, 5.41) is 8.54. The number of nitriles is 1. The molecular formula is C10H17N. The minimum Gasteiger partial charge on any atom is -0.198 e. The van der Waals surface area contributed by atoms with Gasteiger partial charge in [-0.3, -0.25) is 0 Å². The zero-order valence-electron chi connectivity index (χ0n) is 7.72. The summed E-state index contributed by atoms with van der Waals surface area (Å²) in [5.74, 6) is 1.51. The summed E-state index contributed by atoms with van der Waals surface area (Å²) >= 11 is 0. The lowest BCUT2D eigenvalue weighted by molar-refractivity contribution is 0.519. The van der Waals surface area contributed by atoms with E-state index in [1.807, 2.05) is 0 Å². The summed E-state index contributed by atoms with van der Waals surface area (Å²) in [6.07, 6.45) is 3.33. The average molecular weight is 151 g/mol. The first-order valence-corrected chi connectivity index (χ1v) is 4.51. The van der Waals surface area contributed by atoms with Crippen molar-refractivity contribution in [3.63, 3.8) is 0 Å².